The quantitative estimate of drug-likeness (QED) is 0.871. The van der Waals surface area contributed by atoms with Gasteiger partial charge in [-0.1, -0.05) is 18.2 Å². The van der Waals surface area contributed by atoms with Crippen molar-refractivity contribution in [2.75, 3.05) is 20.1 Å². The number of allylic oxidation sites excluding steroid dienone is 1. The monoisotopic (exact) mass is 312 g/mol. The Kier molecular flexibility index (Phi) is 6.85. The van der Waals surface area contributed by atoms with Gasteiger partial charge in [0, 0.05) is 24.7 Å². The average molecular weight is 313 g/mol. The van der Waals surface area contributed by atoms with E-state index in [1.807, 2.05) is 7.05 Å². The maximum Gasteiger partial charge on any atom is 0.246 e. The molecule has 0 spiro atoms. The smallest absolute Gasteiger partial charge is 0.246 e. The van der Waals surface area contributed by atoms with E-state index in [1.165, 1.54) is 12.1 Å². The first-order valence-corrected chi connectivity index (χ1v) is 7.00. The Morgan fingerprint density at radius 2 is 1.95 bits per heavy atom. The number of halogens is 2. The molecule has 1 aromatic rings. The SMILES string of the molecule is C/C(=C\C(=O)N(C)C1CCNCC1)c1ccccc1F.Cl. The van der Waals surface area contributed by atoms with Crippen LogP contribution in [0.4, 0.5) is 4.39 Å². The normalized spacial score (nSPS) is 16.2. The predicted molar refractivity (Wildman–Crippen MR) is 86.0 cm³/mol. The van der Waals surface area contributed by atoms with E-state index in [2.05, 4.69) is 5.32 Å². The third-order valence-corrected chi connectivity index (χ3v) is 3.84. The number of nitrogens with zero attached hydrogens (tertiary/aromatic N) is 1. The summed E-state index contributed by atoms with van der Waals surface area (Å²) in [4.78, 5) is 14.0. The largest absolute Gasteiger partial charge is 0.339 e. The van der Waals surface area contributed by atoms with Crippen LogP contribution in [0, 0.1) is 5.82 Å². The summed E-state index contributed by atoms with van der Waals surface area (Å²) in [5.41, 5.74) is 1.15. The van der Waals surface area contributed by atoms with Gasteiger partial charge in [-0.25, -0.2) is 4.39 Å². The highest BCUT2D eigenvalue weighted by Crippen LogP contribution is 2.18. The van der Waals surface area contributed by atoms with Gasteiger partial charge in [0.05, 0.1) is 0 Å². The van der Waals surface area contributed by atoms with Gasteiger partial charge >= 0.3 is 0 Å². The summed E-state index contributed by atoms with van der Waals surface area (Å²) < 4.78 is 13.7. The minimum atomic E-state index is -0.293. The molecule has 0 unspecified atom stereocenters. The number of rotatable bonds is 3. The molecule has 1 aliphatic heterocycles. The van der Waals surface area contributed by atoms with Crippen LogP contribution in [-0.4, -0.2) is 37.0 Å². The maximum atomic E-state index is 13.7. The van der Waals surface area contributed by atoms with Gasteiger partial charge in [0.1, 0.15) is 5.82 Å². The number of carbonyl (C=O) groups is 1. The van der Waals surface area contributed by atoms with Crippen LogP contribution in [-0.2, 0) is 4.79 Å². The van der Waals surface area contributed by atoms with Crippen molar-refractivity contribution in [3.05, 3.63) is 41.7 Å². The van der Waals surface area contributed by atoms with Gasteiger partial charge in [0.25, 0.3) is 0 Å². The Bertz CT molecular complexity index is 513. The van der Waals surface area contributed by atoms with Crippen LogP contribution in [0.5, 0.6) is 0 Å². The summed E-state index contributed by atoms with van der Waals surface area (Å²) in [6, 6.07) is 6.80. The zero-order valence-electron chi connectivity index (χ0n) is 12.4. The Morgan fingerprint density at radius 3 is 2.57 bits per heavy atom. The van der Waals surface area contributed by atoms with Crippen molar-refractivity contribution in [1.29, 1.82) is 0 Å². The highest BCUT2D eigenvalue weighted by molar-refractivity contribution is 5.95. The molecule has 1 saturated heterocycles. The first-order chi connectivity index (χ1) is 9.59. The second-order valence-corrected chi connectivity index (χ2v) is 5.24. The maximum absolute atomic E-state index is 13.7. The van der Waals surface area contributed by atoms with Crippen molar-refractivity contribution in [2.45, 2.75) is 25.8 Å². The fourth-order valence-corrected chi connectivity index (χ4v) is 2.52. The molecule has 3 nitrogen and oxygen atoms in total. The predicted octanol–water partition coefficient (Wildman–Crippen LogP) is 2.86. The van der Waals surface area contributed by atoms with E-state index in [0.717, 1.165) is 25.9 Å². The molecular formula is C16H22ClFN2O. The third-order valence-electron chi connectivity index (χ3n) is 3.84. The fourth-order valence-electron chi connectivity index (χ4n) is 2.52. The molecule has 0 radical (unpaired) electrons. The van der Waals surface area contributed by atoms with Gasteiger partial charge in [-0.2, -0.15) is 0 Å². The molecule has 1 aliphatic rings. The van der Waals surface area contributed by atoms with Crippen LogP contribution in [0.3, 0.4) is 0 Å². The second kappa shape index (κ2) is 8.15. The zero-order valence-corrected chi connectivity index (χ0v) is 13.3. The number of hydrogen-bond donors (Lipinski definition) is 1. The molecule has 1 fully saturated rings. The molecule has 1 N–H and O–H groups in total. The lowest BCUT2D eigenvalue weighted by Crippen LogP contribution is -2.43. The second-order valence-electron chi connectivity index (χ2n) is 5.24. The minimum absolute atomic E-state index is 0. The lowest BCUT2D eigenvalue weighted by atomic mass is 10.0. The van der Waals surface area contributed by atoms with Crippen LogP contribution in [0.25, 0.3) is 5.57 Å². The molecule has 1 amide bonds. The van der Waals surface area contributed by atoms with Gasteiger partial charge in [0.15, 0.2) is 0 Å². The van der Waals surface area contributed by atoms with E-state index < -0.39 is 0 Å². The Balaban J connectivity index is 0.00000220. The van der Waals surface area contributed by atoms with Crippen molar-refractivity contribution >= 4 is 23.9 Å². The summed E-state index contributed by atoms with van der Waals surface area (Å²) in [6.45, 7) is 3.66. The number of piperidine rings is 1. The lowest BCUT2D eigenvalue weighted by Gasteiger charge is -2.31. The third kappa shape index (κ3) is 4.55. The first kappa shape index (κ1) is 17.7. The molecule has 0 bridgehead atoms. The van der Waals surface area contributed by atoms with Crippen molar-refractivity contribution < 1.29 is 9.18 Å². The molecule has 0 aliphatic carbocycles. The standard InChI is InChI=1S/C16H21FN2O.ClH/c1-12(14-5-3-4-6-15(14)17)11-16(20)19(2)13-7-9-18-10-8-13;/h3-6,11,13,18H,7-10H2,1-2H3;1H/b12-11+;. The number of nitrogens with one attached hydrogen (secondary N) is 1. The lowest BCUT2D eigenvalue weighted by molar-refractivity contribution is -0.127. The molecule has 2 rings (SSSR count). The van der Waals surface area contributed by atoms with Crippen LogP contribution < -0.4 is 5.32 Å². The van der Waals surface area contributed by atoms with Crippen molar-refractivity contribution in [2.24, 2.45) is 0 Å². The molecular weight excluding hydrogens is 291 g/mol. The van der Waals surface area contributed by atoms with Crippen LogP contribution in [0.15, 0.2) is 30.3 Å². The van der Waals surface area contributed by atoms with Crippen LogP contribution in [0.2, 0.25) is 0 Å². The van der Waals surface area contributed by atoms with Crippen molar-refractivity contribution in [3.63, 3.8) is 0 Å². The van der Waals surface area contributed by atoms with Crippen LogP contribution in [0.1, 0.15) is 25.3 Å². The summed E-state index contributed by atoms with van der Waals surface area (Å²) in [6.07, 6.45) is 3.46. The summed E-state index contributed by atoms with van der Waals surface area (Å²) in [7, 11) is 1.82. The molecule has 1 aromatic carbocycles. The molecule has 0 aromatic heterocycles. The van der Waals surface area contributed by atoms with E-state index in [4.69, 9.17) is 0 Å². The fraction of sp³-hybridized carbons (Fsp3) is 0.438. The highest BCUT2D eigenvalue weighted by atomic mass is 35.5. The minimum Gasteiger partial charge on any atom is -0.339 e. The van der Waals surface area contributed by atoms with E-state index in [-0.39, 0.29) is 30.2 Å². The molecule has 0 saturated carbocycles. The summed E-state index contributed by atoms with van der Waals surface area (Å²) in [5.74, 6) is -0.351. The van der Waals surface area contributed by atoms with E-state index in [9.17, 15) is 9.18 Å². The average Bonchev–Trinajstić information content (AvgIpc) is 2.47. The summed E-state index contributed by atoms with van der Waals surface area (Å²) in [5, 5.41) is 3.28. The number of likely N-dealkylation sites (N-methyl/N-ethyl adjacent to an activating group) is 1. The molecule has 116 valence electrons. The Labute approximate surface area is 131 Å². The number of carbonyl (C=O) groups excluding carboxylic acids is 1. The highest BCUT2D eigenvalue weighted by Gasteiger charge is 2.20. The number of hydrogen-bond acceptors (Lipinski definition) is 2. The topological polar surface area (TPSA) is 32.3 Å². The molecule has 21 heavy (non-hydrogen) atoms. The van der Waals surface area contributed by atoms with E-state index in [1.54, 1.807) is 30.0 Å². The molecule has 0 atom stereocenters. The van der Waals surface area contributed by atoms with Crippen LogP contribution >= 0.6 is 12.4 Å². The Hall–Kier alpha value is -1.39. The van der Waals surface area contributed by atoms with E-state index >= 15 is 0 Å². The van der Waals surface area contributed by atoms with Gasteiger partial charge < -0.3 is 10.2 Å². The van der Waals surface area contributed by atoms with Gasteiger partial charge in [-0.05, 0) is 44.5 Å². The number of benzene rings is 1. The van der Waals surface area contributed by atoms with Gasteiger partial charge in [-0.15, -0.1) is 12.4 Å². The molecule has 5 heteroatoms. The van der Waals surface area contributed by atoms with Crippen molar-refractivity contribution in [1.82, 2.24) is 10.2 Å². The zero-order chi connectivity index (χ0) is 14.5. The van der Waals surface area contributed by atoms with E-state index in [0.29, 0.717) is 11.1 Å². The first-order valence-electron chi connectivity index (χ1n) is 7.00. The summed E-state index contributed by atoms with van der Waals surface area (Å²) >= 11 is 0. The van der Waals surface area contributed by atoms with Crippen molar-refractivity contribution in [3.8, 4) is 0 Å². The number of amides is 1. The van der Waals surface area contributed by atoms with Gasteiger partial charge in [-0.3, -0.25) is 4.79 Å². The van der Waals surface area contributed by atoms with Gasteiger partial charge in [0.2, 0.25) is 5.91 Å². The Morgan fingerprint density at radius 1 is 1.33 bits per heavy atom. The molecule has 1 heterocycles.